The molecule has 132 valence electrons. The normalized spacial score (nSPS) is 13.2. The van der Waals surface area contributed by atoms with E-state index in [2.05, 4.69) is 66.7 Å². The Morgan fingerprint density at radius 2 is 1.77 bits per heavy atom. The molecule has 2 aromatic carbocycles. The van der Waals surface area contributed by atoms with Crippen molar-refractivity contribution >= 4 is 23.1 Å². The molecule has 2 heterocycles. The second-order valence-electron chi connectivity index (χ2n) is 6.64. The van der Waals surface area contributed by atoms with Crippen molar-refractivity contribution < 1.29 is 0 Å². The molecule has 3 aromatic rings. The molecule has 0 radical (unpaired) electrons. The first-order chi connectivity index (χ1) is 12.7. The fraction of sp³-hybridized carbons (Fsp3) is 0.250. The van der Waals surface area contributed by atoms with Crippen LogP contribution in [0.2, 0.25) is 0 Å². The maximum absolute atomic E-state index is 4.65. The van der Waals surface area contributed by atoms with Crippen LogP contribution in [0.3, 0.4) is 0 Å². The van der Waals surface area contributed by atoms with Crippen molar-refractivity contribution in [2.24, 2.45) is 0 Å². The predicted octanol–water partition coefficient (Wildman–Crippen LogP) is 3.24. The summed E-state index contributed by atoms with van der Waals surface area (Å²) in [4.78, 5) is 8.97. The topological polar surface area (TPSA) is 57.2 Å². The number of rotatable bonds is 4. The molecule has 1 aromatic heterocycles. The van der Waals surface area contributed by atoms with Crippen LogP contribution >= 0.6 is 0 Å². The highest BCUT2D eigenvalue weighted by Crippen LogP contribution is 2.24. The first-order valence-corrected chi connectivity index (χ1v) is 8.75. The lowest BCUT2D eigenvalue weighted by Crippen LogP contribution is -2.31. The van der Waals surface area contributed by atoms with Crippen LogP contribution in [0.15, 0.2) is 54.7 Å². The summed E-state index contributed by atoms with van der Waals surface area (Å²) < 4.78 is 0. The lowest BCUT2D eigenvalue weighted by atomic mass is 10.0. The summed E-state index contributed by atoms with van der Waals surface area (Å²) in [5.41, 5.74) is 4.87. The van der Waals surface area contributed by atoms with Crippen LogP contribution in [-0.2, 0) is 13.0 Å². The van der Waals surface area contributed by atoms with Gasteiger partial charge in [-0.25, -0.2) is 0 Å². The number of hydrogen-bond donors (Lipinski definition) is 1. The lowest BCUT2D eigenvalue weighted by molar-refractivity contribution is 0.715. The molecule has 1 aliphatic heterocycles. The molecule has 0 fully saturated rings. The van der Waals surface area contributed by atoms with Gasteiger partial charge in [-0.3, -0.25) is 0 Å². The van der Waals surface area contributed by atoms with Gasteiger partial charge in [0, 0.05) is 38.6 Å². The van der Waals surface area contributed by atoms with E-state index in [1.54, 1.807) is 6.20 Å². The minimum Gasteiger partial charge on any atom is -0.378 e. The zero-order chi connectivity index (χ0) is 17.9. The molecule has 0 aliphatic carbocycles. The molecule has 0 bridgehead atoms. The standard InChI is InChI=1S/C20H22N6/c1-25(2)18-9-7-17(8-10-18)22-20-23-19(13-21-24-20)26-12-11-15-5-3-4-6-16(15)14-26/h3-10,13H,11-12,14H2,1-2H3,(H,22,23,24). The molecule has 4 rings (SSSR count). The number of aromatic nitrogens is 3. The first kappa shape index (κ1) is 16.3. The Bertz CT molecular complexity index is 891. The second-order valence-corrected chi connectivity index (χ2v) is 6.64. The van der Waals surface area contributed by atoms with Gasteiger partial charge in [-0.1, -0.05) is 24.3 Å². The minimum absolute atomic E-state index is 0.513. The molecule has 0 spiro atoms. The smallest absolute Gasteiger partial charge is 0.249 e. The quantitative estimate of drug-likeness (QED) is 0.783. The van der Waals surface area contributed by atoms with E-state index in [-0.39, 0.29) is 0 Å². The molecule has 0 unspecified atom stereocenters. The third kappa shape index (κ3) is 3.44. The van der Waals surface area contributed by atoms with E-state index < -0.39 is 0 Å². The Morgan fingerprint density at radius 1 is 1.00 bits per heavy atom. The van der Waals surface area contributed by atoms with Gasteiger partial charge in [-0.2, -0.15) is 10.1 Å². The average molecular weight is 346 g/mol. The number of fused-ring (bicyclic) bond motifs is 1. The van der Waals surface area contributed by atoms with Crippen LogP contribution in [0.4, 0.5) is 23.1 Å². The van der Waals surface area contributed by atoms with Crippen molar-refractivity contribution in [2.45, 2.75) is 13.0 Å². The van der Waals surface area contributed by atoms with Gasteiger partial charge >= 0.3 is 0 Å². The summed E-state index contributed by atoms with van der Waals surface area (Å²) in [6, 6.07) is 16.7. The van der Waals surface area contributed by atoms with Crippen LogP contribution in [0.1, 0.15) is 11.1 Å². The average Bonchev–Trinajstić information content (AvgIpc) is 2.68. The molecule has 1 aliphatic rings. The molecule has 0 amide bonds. The fourth-order valence-electron chi connectivity index (χ4n) is 3.16. The molecule has 0 saturated heterocycles. The van der Waals surface area contributed by atoms with Crippen molar-refractivity contribution in [3.05, 3.63) is 65.9 Å². The number of benzene rings is 2. The van der Waals surface area contributed by atoms with E-state index in [1.807, 2.05) is 26.2 Å². The number of nitrogens with one attached hydrogen (secondary N) is 1. The van der Waals surface area contributed by atoms with Gasteiger partial charge in [0.15, 0.2) is 5.82 Å². The van der Waals surface area contributed by atoms with Crippen molar-refractivity contribution in [3.63, 3.8) is 0 Å². The molecule has 6 heteroatoms. The van der Waals surface area contributed by atoms with Gasteiger partial charge in [0.2, 0.25) is 5.95 Å². The summed E-state index contributed by atoms with van der Waals surface area (Å²) >= 11 is 0. The highest BCUT2D eigenvalue weighted by atomic mass is 15.3. The second kappa shape index (κ2) is 7.00. The van der Waals surface area contributed by atoms with Gasteiger partial charge < -0.3 is 15.1 Å². The Kier molecular flexibility index (Phi) is 4.39. The third-order valence-electron chi connectivity index (χ3n) is 4.64. The maximum atomic E-state index is 4.65. The molecule has 0 atom stereocenters. The highest BCUT2D eigenvalue weighted by molar-refractivity contribution is 5.59. The first-order valence-electron chi connectivity index (χ1n) is 8.75. The van der Waals surface area contributed by atoms with Gasteiger partial charge in [0.25, 0.3) is 0 Å². The summed E-state index contributed by atoms with van der Waals surface area (Å²) in [6.07, 6.45) is 2.75. The lowest BCUT2D eigenvalue weighted by Gasteiger charge is -2.29. The Hall–Kier alpha value is -3.15. The van der Waals surface area contributed by atoms with Crippen LogP contribution in [0.5, 0.6) is 0 Å². The van der Waals surface area contributed by atoms with E-state index in [9.17, 15) is 0 Å². The third-order valence-corrected chi connectivity index (χ3v) is 4.64. The minimum atomic E-state index is 0.513. The van der Waals surface area contributed by atoms with E-state index in [1.165, 1.54) is 11.1 Å². The monoisotopic (exact) mass is 346 g/mol. The van der Waals surface area contributed by atoms with E-state index in [4.69, 9.17) is 0 Å². The van der Waals surface area contributed by atoms with Gasteiger partial charge in [0.1, 0.15) is 0 Å². The molecule has 26 heavy (non-hydrogen) atoms. The summed E-state index contributed by atoms with van der Waals surface area (Å²) in [5, 5.41) is 11.5. The molecule has 6 nitrogen and oxygen atoms in total. The van der Waals surface area contributed by atoms with Gasteiger partial charge in [-0.15, -0.1) is 5.10 Å². The molecular formula is C20H22N6. The molecule has 1 N–H and O–H groups in total. The number of anilines is 4. The summed E-state index contributed by atoms with van der Waals surface area (Å²) in [6.45, 7) is 1.79. The van der Waals surface area contributed by atoms with E-state index in [0.717, 1.165) is 36.7 Å². The van der Waals surface area contributed by atoms with E-state index >= 15 is 0 Å². The number of nitrogens with zero attached hydrogens (tertiary/aromatic N) is 5. The van der Waals surface area contributed by atoms with Crippen LogP contribution < -0.4 is 15.1 Å². The van der Waals surface area contributed by atoms with Crippen molar-refractivity contribution in [1.29, 1.82) is 0 Å². The van der Waals surface area contributed by atoms with Crippen molar-refractivity contribution in [3.8, 4) is 0 Å². The van der Waals surface area contributed by atoms with Gasteiger partial charge in [-0.05, 0) is 41.8 Å². The van der Waals surface area contributed by atoms with Crippen molar-refractivity contribution in [1.82, 2.24) is 15.2 Å². The zero-order valence-electron chi connectivity index (χ0n) is 15.1. The largest absolute Gasteiger partial charge is 0.378 e. The van der Waals surface area contributed by atoms with Crippen molar-refractivity contribution in [2.75, 3.05) is 35.8 Å². The van der Waals surface area contributed by atoms with Crippen LogP contribution in [0, 0.1) is 0 Å². The summed E-state index contributed by atoms with van der Waals surface area (Å²) in [5.74, 6) is 1.36. The van der Waals surface area contributed by atoms with Crippen LogP contribution in [0.25, 0.3) is 0 Å². The molecular weight excluding hydrogens is 324 g/mol. The predicted molar refractivity (Wildman–Crippen MR) is 105 cm³/mol. The maximum Gasteiger partial charge on any atom is 0.249 e. The SMILES string of the molecule is CN(C)c1ccc(Nc2nncc(N3CCc4ccccc4C3)n2)cc1. The fourth-order valence-corrected chi connectivity index (χ4v) is 3.16. The van der Waals surface area contributed by atoms with E-state index in [0.29, 0.717) is 5.95 Å². The number of hydrogen-bond acceptors (Lipinski definition) is 6. The Balaban J connectivity index is 1.50. The Labute approximate surface area is 153 Å². The van der Waals surface area contributed by atoms with Gasteiger partial charge in [0.05, 0.1) is 6.20 Å². The zero-order valence-corrected chi connectivity index (χ0v) is 15.1. The highest BCUT2D eigenvalue weighted by Gasteiger charge is 2.17. The summed E-state index contributed by atoms with van der Waals surface area (Å²) in [7, 11) is 4.05. The Morgan fingerprint density at radius 3 is 2.54 bits per heavy atom. The molecule has 0 saturated carbocycles. The van der Waals surface area contributed by atoms with Crippen LogP contribution in [-0.4, -0.2) is 35.8 Å².